The summed E-state index contributed by atoms with van der Waals surface area (Å²) in [5.74, 6) is -0.172. The van der Waals surface area contributed by atoms with Gasteiger partial charge in [0.15, 0.2) is 0 Å². The van der Waals surface area contributed by atoms with Crippen molar-refractivity contribution in [3.05, 3.63) is 30.1 Å². The van der Waals surface area contributed by atoms with Gasteiger partial charge in [-0.2, -0.15) is 0 Å². The Kier molecular flexibility index (Phi) is 3.47. The van der Waals surface area contributed by atoms with E-state index in [0.29, 0.717) is 5.69 Å². The summed E-state index contributed by atoms with van der Waals surface area (Å²) >= 11 is 1.45. The average molecular weight is 253 g/mol. The highest BCUT2D eigenvalue weighted by molar-refractivity contribution is 8.00. The molecule has 17 heavy (non-hydrogen) atoms. The molecule has 0 bridgehead atoms. The summed E-state index contributed by atoms with van der Waals surface area (Å²) in [5.41, 5.74) is 0.319. The molecule has 2 rings (SSSR count). The fraction of sp³-hybridized carbons (Fsp3) is 0.333. The number of anilines is 1. The number of rotatable bonds is 3. The molecule has 1 fully saturated rings. The van der Waals surface area contributed by atoms with Crippen molar-refractivity contribution in [1.29, 1.82) is 0 Å². The Balaban J connectivity index is 2.27. The molecule has 1 aromatic carbocycles. The molecule has 0 saturated carbocycles. The number of thioether (sulfide) groups is 1. The third-order valence-corrected chi connectivity index (χ3v) is 3.64. The third kappa shape index (κ3) is 2.34. The van der Waals surface area contributed by atoms with Crippen molar-refractivity contribution in [2.45, 2.75) is 18.6 Å². The van der Waals surface area contributed by atoms with Crippen LogP contribution in [0.15, 0.2) is 24.3 Å². The molecule has 1 aromatic rings. The Morgan fingerprint density at radius 3 is 2.88 bits per heavy atom. The van der Waals surface area contributed by atoms with Gasteiger partial charge in [0, 0.05) is 6.42 Å². The van der Waals surface area contributed by atoms with Gasteiger partial charge in [-0.15, -0.1) is 11.8 Å². The Morgan fingerprint density at radius 2 is 2.24 bits per heavy atom. The van der Waals surface area contributed by atoms with E-state index in [0.717, 1.165) is 10.7 Å². The molecule has 5 heteroatoms. The van der Waals surface area contributed by atoms with Crippen molar-refractivity contribution in [3.8, 4) is 0 Å². The number of amides is 2. The van der Waals surface area contributed by atoms with Gasteiger partial charge in [0.1, 0.15) is 5.82 Å². The maximum absolute atomic E-state index is 13.1. The maximum atomic E-state index is 13.1. The first-order chi connectivity index (χ1) is 8.13. The largest absolute Gasteiger partial charge is 0.274 e. The molecule has 0 aliphatic carbocycles. The molecular weight excluding hydrogens is 241 g/mol. The lowest BCUT2D eigenvalue weighted by molar-refractivity contribution is -0.121. The van der Waals surface area contributed by atoms with Crippen molar-refractivity contribution in [3.63, 3.8) is 0 Å². The van der Waals surface area contributed by atoms with E-state index in [9.17, 15) is 14.0 Å². The summed E-state index contributed by atoms with van der Waals surface area (Å²) in [4.78, 5) is 24.8. The first kappa shape index (κ1) is 12.1. The molecular formula is C12H12FNO2S. The predicted octanol–water partition coefficient (Wildman–Crippen LogP) is 2.21. The highest BCUT2D eigenvalue weighted by atomic mass is 32.2. The molecule has 3 nitrogen and oxygen atoms in total. The van der Waals surface area contributed by atoms with E-state index in [1.807, 2.05) is 6.92 Å². The smallest absolute Gasteiger partial charge is 0.247 e. The van der Waals surface area contributed by atoms with Gasteiger partial charge in [-0.05, 0) is 24.0 Å². The molecule has 1 unspecified atom stereocenters. The lowest BCUT2D eigenvalue weighted by Crippen LogP contribution is -2.31. The van der Waals surface area contributed by atoms with Crippen LogP contribution in [0.5, 0.6) is 0 Å². The van der Waals surface area contributed by atoms with Crippen molar-refractivity contribution in [2.24, 2.45) is 0 Å². The summed E-state index contributed by atoms with van der Waals surface area (Å²) < 4.78 is 13.1. The SMILES string of the molecule is CCSC1CC(=O)N(c2cccc(F)c2)C1=O. The van der Waals surface area contributed by atoms with Gasteiger partial charge in [-0.3, -0.25) is 9.59 Å². The first-order valence-electron chi connectivity index (χ1n) is 5.37. The van der Waals surface area contributed by atoms with Crippen LogP contribution < -0.4 is 4.90 Å². The van der Waals surface area contributed by atoms with E-state index in [1.54, 1.807) is 6.07 Å². The molecule has 1 saturated heterocycles. The van der Waals surface area contributed by atoms with Crippen LogP contribution in [0.25, 0.3) is 0 Å². The molecule has 1 atom stereocenters. The Labute approximate surface area is 103 Å². The van der Waals surface area contributed by atoms with Crippen LogP contribution in [0.2, 0.25) is 0 Å². The van der Waals surface area contributed by atoms with Gasteiger partial charge in [-0.1, -0.05) is 13.0 Å². The fourth-order valence-corrected chi connectivity index (χ4v) is 2.73. The second-order valence-electron chi connectivity index (χ2n) is 3.70. The van der Waals surface area contributed by atoms with Crippen LogP contribution in [0, 0.1) is 5.82 Å². The van der Waals surface area contributed by atoms with Crippen LogP contribution in [0.3, 0.4) is 0 Å². The summed E-state index contributed by atoms with van der Waals surface area (Å²) in [6.45, 7) is 1.94. The molecule has 1 aliphatic rings. The molecule has 90 valence electrons. The Hall–Kier alpha value is -1.36. The lowest BCUT2D eigenvalue weighted by atomic mass is 10.3. The zero-order valence-corrected chi connectivity index (χ0v) is 10.2. The number of hydrogen-bond donors (Lipinski definition) is 0. The minimum atomic E-state index is -0.449. The number of imide groups is 1. The van der Waals surface area contributed by atoms with Crippen LogP contribution in [0.1, 0.15) is 13.3 Å². The number of halogens is 1. The van der Waals surface area contributed by atoms with E-state index in [1.165, 1.54) is 30.0 Å². The zero-order valence-electron chi connectivity index (χ0n) is 9.35. The van der Waals surface area contributed by atoms with Crippen molar-refractivity contribution >= 4 is 29.3 Å². The van der Waals surface area contributed by atoms with E-state index in [-0.39, 0.29) is 23.5 Å². The normalized spacial score (nSPS) is 20.1. The molecule has 0 N–H and O–H groups in total. The third-order valence-electron chi connectivity index (χ3n) is 2.54. The second-order valence-corrected chi connectivity index (χ2v) is 5.18. The predicted molar refractivity (Wildman–Crippen MR) is 65.4 cm³/mol. The highest BCUT2D eigenvalue weighted by Gasteiger charge is 2.39. The van der Waals surface area contributed by atoms with E-state index < -0.39 is 5.82 Å². The molecule has 2 amide bonds. The van der Waals surface area contributed by atoms with Crippen LogP contribution in [-0.4, -0.2) is 22.8 Å². The van der Waals surface area contributed by atoms with Gasteiger partial charge in [-0.25, -0.2) is 9.29 Å². The van der Waals surface area contributed by atoms with Gasteiger partial charge in [0.25, 0.3) is 0 Å². The van der Waals surface area contributed by atoms with E-state index >= 15 is 0 Å². The van der Waals surface area contributed by atoms with Crippen molar-refractivity contribution in [2.75, 3.05) is 10.7 Å². The topological polar surface area (TPSA) is 37.4 Å². The standard InChI is InChI=1S/C12H12FNO2S/c1-2-17-10-7-11(15)14(12(10)16)9-5-3-4-8(13)6-9/h3-6,10H,2,7H2,1H3. The van der Waals surface area contributed by atoms with Gasteiger partial charge in [0.05, 0.1) is 10.9 Å². The highest BCUT2D eigenvalue weighted by Crippen LogP contribution is 2.29. The van der Waals surface area contributed by atoms with E-state index in [2.05, 4.69) is 0 Å². The van der Waals surface area contributed by atoms with Gasteiger partial charge >= 0.3 is 0 Å². The lowest BCUT2D eigenvalue weighted by Gasteiger charge is -2.14. The van der Waals surface area contributed by atoms with Crippen molar-refractivity contribution < 1.29 is 14.0 Å². The fourth-order valence-electron chi connectivity index (χ4n) is 1.82. The molecule has 0 spiro atoms. The summed E-state index contributed by atoms with van der Waals surface area (Å²) in [6.07, 6.45) is 0.202. The molecule has 0 aromatic heterocycles. The van der Waals surface area contributed by atoms with Crippen LogP contribution in [-0.2, 0) is 9.59 Å². The minimum absolute atomic E-state index is 0.202. The zero-order chi connectivity index (χ0) is 12.4. The van der Waals surface area contributed by atoms with E-state index in [4.69, 9.17) is 0 Å². The molecule has 1 heterocycles. The number of carbonyl (C=O) groups excluding carboxylic acids is 2. The Bertz CT molecular complexity index is 464. The van der Waals surface area contributed by atoms with Gasteiger partial charge in [0.2, 0.25) is 11.8 Å². The first-order valence-corrected chi connectivity index (χ1v) is 6.42. The monoisotopic (exact) mass is 253 g/mol. The van der Waals surface area contributed by atoms with Crippen LogP contribution >= 0.6 is 11.8 Å². The number of nitrogens with zero attached hydrogens (tertiary/aromatic N) is 1. The number of carbonyl (C=O) groups is 2. The Morgan fingerprint density at radius 1 is 1.47 bits per heavy atom. The minimum Gasteiger partial charge on any atom is -0.274 e. The molecule has 0 radical (unpaired) electrons. The van der Waals surface area contributed by atoms with Gasteiger partial charge < -0.3 is 0 Å². The number of benzene rings is 1. The summed E-state index contributed by atoms with van der Waals surface area (Å²) in [5, 5.41) is -0.323. The maximum Gasteiger partial charge on any atom is 0.247 e. The quantitative estimate of drug-likeness (QED) is 0.775. The van der Waals surface area contributed by atoms with Crippen LogP contribution in [0.4, 0.5) is 10.1 Å². The second kappa shape index (κ2) is 4.87. The number of hydrogen-bond acceptors (Lipinski definition) is 3. The van der Waals surface area contributed by atoms with Crippen molar-refractivity contribution in [1.82, 2.24) is 0 Å². The summed E-state index contributed by atoms with van der Waals surface area (Å²) in [7, 11) is 0. The average Bonchev–Trinajstić information content (AvgIpc) is 2.55. The molecule has 1 aliphatic heterocycles. The summed E-state index contributed by atoms with van der Waals surface area (Å²) in [6, 6.07) is 5.55.